The summed E-state index contributed by atoms with van der Waals surface area (Å²) in [6.07, 6.45) is 0.554. The number of rotatable bonds is 9. The first-order valence-corrected chi connectivity index (χ1v) is 12.1. The maximum Gasteiger partial charge on any atom is 0.338 e. The summed E-state index contributed by atoms with van der Waals surface area (Å²) in [4.78, 5) is 25.2. The summed E-state index contributed by atoms with van der Waals surface area (Å²) in [5, 5.41) is 3.34. The fourth-order valence-corrected chi connectivity index (χ4v) is 3.42. The van der Waals surface area contributed by atoms with Gasteiger partial charge in [0, 0.05) is 12.2 Å². The van der Waals surface area contributed by atoms with Crippen LogP contribution in [0.5, 0.6) is 0 Å². The molecule has 168 valence electrons. The molecule has 1 atom stereocenters. The van der Waals surface area contributed by atoms with Crippen molar-refractivity contribution in [2.24, 2.45) is 5.92 Å². The number of hydrogen-bond acceptors (Lipinski definition) is 5. The molecule has 1 amide bonds. The summed E-state index contributed by atoms with van der Waals surface area (Å²) in [7, 11) is -3.25. The fraction of sp³-hybridized carbons (Fsp3) is 0.333. The summed E-state index contributed by atoms with van der Waals surface area (Å²) in [5.41, 5.74) is 1.58. The van der Waals surface area contributed by atoms with E-state index in [0.29, 0.717) is 22.2 Å². The van der Waals surface area contributed by atoms with Gasteiger partial charge in [0.2, 0.25) is 10.0 Å². The number of anilines is 1. The van der Waals surface area contributed by atoms with Gasteiger partial charge in [-0.3, -0.25) is 4.79 Å². The number of ether oxygens (including phenoxy) is 1. The van der Waals surface area contributed by atoms with Crippen molar-refractivity contribution < 1.29 is 22.7 Å². The van der Waals surface area contributed by atoms with Gasteiger partial charge in [-0.1, -0.05) is 49.2 Å². The highest BCUT2D eigenvalue weighted by Crippen LogP contribution is 2.25. The Morgan fingerprint density at radius 1 is 1.03 bits per heavy atom. The molecule has 0 unspecified atom stereocenters. The van der Waals surface area contributed by atoms with Gasteiger partial charge in [0.25, 0.3) is 5.91 Å². The second-order valence-electron chi connectivity index (χ2n) is 7.30. The fourth-order valence-electron chi connectivity index (χ4n) is 2.65. The van der Waals surface area contributed by atoms with Crippen molar-refractivity contribution in [2.75, 3.05) is 18.1 Å². The minimum absolute atomic E-state index is 0.257. The lowest BCUT2D eigenvalue weighted by Crippen LogP contribution is -2.36. The number of esters is 1. The molecule has 10 heteroatoms. The minimum atomic E-state index is -3.25. The number of sulfonamides is 1. The van der Waals surface area contributed by atoms with Crippen LogP contribution in [-0.2, 0) is 26.0 Å². The van der Waals surface area contributed by atoms with Crippen LogP contribution in [0.1, 0.15) is 29.8 Å². The van der Waals surface area contributed by atoms with Gasteiger partial charge in [-0.05, 0) is 48.2 Å². The zero-order valence-electron chi connectivity index (χ0n) is 17.3. The molecule has 31 heavy (non-hydrogen) atoms. The smallest absolute Gasteiger partial charge is 0.338 e. The maximum absolute atomic E-state index is 12.7. The second-order valence-corrected chi connectivity index (χ2v) is 9.95. The molecule has 0 heterocycles. The zero-order chi connectivity index (χ0) is 23.2. The molecule has 2 aromatic rings. The van der Waals surface area contributed by atoms with Crippen LogP contribution >= 0.6 is 23.2 Å². The van der Waals surface area contributed by atoms with Crippen molar-refractivity contribution in [1.82, 2.24) is 4.72 Å². The lowest BCUT2D eigenvalue weighted by Gasteiger charge is -2.21. The quantitative estimate of drug-likeness (QED) is 0.523. The van der Waals surface area contributed by atoms with Crippen LogP contribution in [-0.4, -0.2) is 39.2 Å². The van der Waals surface area contributed by atoms with E-state index >= 15 is 0 Å². The SMILES string of the molecule is CC(C)[C@H](OC(=O)c1ccc(CCNS(C)(=O)=O)cc1)C(=O)Nc1ccc(Cl)c(Cl)c1. The van der Waals surface area contributed by atoms with Crippen LogP contribution in [0.3, 0.4) is 0 Å². The van der Waals surface area contributed by atoms with E-state index < -0.39 is 28.0 Å². The number of halogens is 2. The Morgan fingerprint density at radius 2 is 1.68 bits per heavy atom. The van der Waals surface area contributed by atoms with Gasteiger partial charge in [-0.15, -0.1) is 0 Å². The molecule has 2 rings (SSSR count). The van der Waals surface area contributed by atoms with E-state index in [-0.39, 0.29) is 18.0 Å². The Labute approximate surface area is 192 Å². The van der Waals surface area contributed by atoms with Crippen molar-refractivity contribution in [3.63, 3.8) is 0 Å². The molecule has 2 N–H and O–H groups in total. The summed E-state index contributed by atoms with van der Waals surface area (Å²) in [6.45, 7) is 3.79. The van der Waals surface area contributed by atoms with Crippen LogP contribution in [0.2, 0.25) is 10.0 Å². The van der Waals surface area contributed by atoms with Gasteiger partial charge in [0.1, 0.15) is 0 Å². The van der Waals surface area contributed by atoms with Gasteiger partial charge in [0.05, 0.1) is 21.9 Å². The Kier molecular flexibility index (Phi) is 8.88. The van der Waals surface area contributed by atoms with Gasteiger partial charge < -0.3 is 10.1 Å². The van der Waals surface area contributed by atoms with Gasteiger partial charge in [-0.25, -0.2) is 17.9 Å². The van der Waals surface area contributed by atoms with Gasteiger partial charge >= 0.3 is 5.97 Å². The van der Waals surface area contributed by atoms with E-state index in [0.717, 1.165) is 11.8 Å². The van der Waals surface area contributed by atoms with Crippen molar-refractivity contribution in [3.8, 4) is 0 Å². The highest BCUT2D eigenvalue weighted by molar-refractivity contribution is 7.88. The molecule has 0 bridgehead atoms. The highest BCUT2D eigenvalue weighted by Gasteiger charge is 2.27. The number of amides is 1. The maximum atomic E-state index is 12.7. The molecule has 0 aliphatic heterocycles. The van der Waals surface area contributed by atoms with Crippen LogP contribution in [0.25, 0.3) is 0 Å². The average Bonchev–Trinajstić information content (AvgIpc) is 2.68. The number of nitrogens with one attached hydrogen (secondary N) is 2. The molecule has 0 aromatic heterocycles. The molecule has 2 aromatic carbocycles. The Hall–Kier alpha value is -2.13. The van der Waals surface area contributed by atoms with Crippen LogP contribution in [0.4, 0.5) is 5.69 Å². The molecule has 0 saturated carbocycles. The third-order valence-corrected chi connectivity index (χ3v) is 5.72. The lowest BCUT2D eigenvalue weighted by molar-refractivity contribution is -0.126. The van der Waals surface area contributed by atoms with Crippen LogP contribution < -0.4 is 10.0 Å². The van der Waals surface area contributed by atoms with Crippen molar-refractivity contribution >= 4 is 50.8 Å². The van der Waals surface area contributed by atoms with Crippen molar-refractivity contribution in [3.05, 3.63) is 63.6 Å². The molecule has 0 radical (unpaired) electrons. The van der Waals surface area contributed by atoms with Crippen molar-refractivity contribution in [1.29, 1.82) is 0 Å². The first-order chi connectivity index (χ1) is 14.5. The highest BCUT2D eigenvalue weighted by atomic mass is 35.5. The molecule has 0 aliphatic carbocycles. The molecule has 0 saturated heterocycles. The predicted molar refractivity (Wildman–Crippen MR) is 122 cm³/mol. The molecular formula is C21H24Cl2N2O5S. The predicted octanol–water partition coefficient (Wildman–Crippen LogP) is 3.91. The number of carbonyl (C=O) groups excluding carboxylic acids is 2. The number of carbonyl (C=O) groups is 2. The molecular weight excluding hydrogens is 463 g/mol. The summed E-state index contributed by atoms with van der Waals surface area (Å²) in [6, 6.07) is 11.2. The van der Waals surface area contributed by atoms with Gasteiger partial charge in [-0.2, -0.15) is 0 Å². The number of hydrogen-bond donors (Lipinski definition) is 2. The lowest BCUT2D eigenvalue weighted by atomic mass is 10.1. The molecule has 0 spiro atoms. The first kappa shape index (κ1) is 25.1. The standard InChI is InChI=1S/C21H24Cl2N2O5S/c1-13(2)19(20(26)25-16-8-9-17(22)18(23)12-16)30-21(27)15-6-4-14(5-7-15)10-11-24-31(3,28)29/h4-9,12-13,19,24H,10-11H2,1-3H3,(H,25,26)/t19-/m0/s1. The Balaban J connectivity index is 2.01. The van der Waals surface area contributed by atoms with E-state index in [1.54, 1.807) is 50.2 Å². The monoisotopic (exact) mass is 486 g/mol. The summed E-state index contributed by atoms with van der Waals surface area (Å²) in [5.74, 6) is -1.39. The summed E-state index contributed by atoms with van der Waals surface area (Å²) >= 11 is 11.8. The van der Waals surface area contributed by atoms with Crippen LogP contribution in [0.15, 0.2) is 42.5 Å². The largest absolute Gasteiger partial charge is 0.448 e. The zero-order valence-corrected chi connectivity index (χ0v) is 19.6. The van der Waals surface area contributed by atoms with Crippen LogP contribution in [0, 0.1) is 5.92 Å². The average molecular weight is 487 g/mol. The third kappa shape index (κ3) is 8.14. The van der Waals surface area contributed by atoms with E-state index in [1.807, 2.05) is 0 Å². The van der Waals surface area contributed by atoms with Gasteiger partial charge in [0.15, 0.2) is 6.10 Å². The first-order valence-electron chi connectivity index (χ1n) is 9.46. The van der Waals surface area contributed by atoms with E-state index in [2.05, 4.69) is 10.0 Å². The number of benzene rings is 2. The molecule has 7 nitrogen and oxygen atoms in total. The van der Waals surface area contributed by atoms with E-state index in [9.17, 15) is 18.0 Å². The normalized spacial score (nSPS) is 12.5. The van der Waals surface area contributed by atoms with E-state index in [1.165, 1.54) is 6.07 Å². The third-order valence-electron chi connectivity index (χ3n) is 4.25. The second kappa shape index (κ2) is 10.9. The molecule has 0 aliphatic rings. The Bertz CT molecular complexity index is 1040. The topological polar surface area (TPSA) is 102 Å². The van der Waals surface area contributed by atoms with E-state index in [4.69, 9.17) is 27.9 Å². The Morgan fingerprint density at radius 3 is 2.23 bits per heavy atom. The van der Waals surface area contributed by atoms with Crippen molar-refractivity contribution in [2.45, 2.75) is 26.4 Å². The molecule has 0 fully saturated rings. The summed E-state index contributed by atoms with van der Waals surface area (Å²) < 4.78 is 30.1. The minimum Gasteiger partial charge on any atom is -0.448 e.